The lowest BCUT2D eigenvalue weighted by molar-refractivity contribution is 0.102. The van der Waals surface area contributed by atoms with Gasteiger partial charge >= 0.3 is 0 Å². The third kappa shape index (κ3) is 4.01. The van der Waals surface area contributed by atoms with E-state index in [-0.39, 0.29) is 11.7 Å². The lowest BCUT2D eigenvalue weighted by Crippen LogP contribution is -2.15. The van der Waals surface area contributed by atoms with Crippen molar-refractivity contribution in [1.82, 2.24) is 4.98 Å². The van der Waals surface area contributed by atoms with Crippen LogP contribution in [-0.4, -0.2) is 17.4 Å². The van der Waals surface area contributed by atoms with Gasteiger partial charge in [-0.3, -0.25) is 9.78 Å². The molecule has 0 aliphatic carbocycles. The molecule has 0 spiro atoms. The van der Waals surface area contributed by atoms with Crippen molar-refractivity contribution in [2.24, 2.45) is 0 Å². The molecule has 0 unspecified atom stereocenters. The van der Waals surface area contributed by atoms with Crippen molar-refractivity contribution in [1.29, 1.82) is 0 Å². The average Bonchev–Trinajstić information content (AvgIpc) is 2.48. The predicted molar refractivity (Wildman–Crippen MR) is 85.1 cm³/mol. The molecule has 0 bridgehead atoms. The molecule has 110 valence electrons. The van der Waals surface area contributed by atoms with Crippen LogP contribution in [0.15, 0.2) is 41.1 Å². The molecule has 6 heteroatoms. The lowest BCUT2D eigenvalue weighted by Gasteiger charge is -2.12. The lowest BCUT2D eigenvalue weighted by atomic mass is 10.2. The van der Waals surface area contributed by atoms with E-state index in [1.807, 2.05) is 6.92 Å². The third-order valence-corrected chi connectivity index (χ3v) is 3.47. The highest BCUT2D eigenvalue weighted by molar-refractivity contribution is 9.10. The highest BCUT2D eigenvalue weighted by atomic mass is 79.9. The van der Waals surface area contributed by atoms with Gasteiger partial charge in [0.2, 0.25) is 0 Å². The number of pyridine rings is 1. The number of nitrogens with one attached hydrogen (secondary N) is 2. The molecule has 0 radical (unpaired) electrons. The van der Waals surface area contributed by atoms with E-state index < -0.39 is 0 Å². The fraction of sp³-hybridized carbons (Fsp3) is 0.200. The molecule has 2 rings (SSSR count). The number of halogens is 2. The Morgan fingerprint density at radius 1 is 1.33 bits per heavy atom. The van der Waals surface area contributed by atoms with Crippen molar-refractivity contribution in [3.05, 3.63) is 52.5 Å². The second-order valence-electron chi connectivity index (χ2n) is 4.43. The number of anilines is 2. The molecule has 1 amide bonds. The predicted octanol–water partition coefficient (Wildman–Crippen LogP) is 4.06. The topological polar surface area (TPSA) is 54.0 Å². The maximum absolute atomic E-state index is 13.1. The van der Waals surface area contributed by atoms with Gasteiger partial charge in [0, 0.05) is 17.2 Å². The number of rotatable bonds is 5. The Labute approximate surface area is 130 Å². The molecule has 21 heavy (non-hydrogen) atoms. The molecule has 1 heterocycles. The number of hydrogen-bond acceptors (Lipinski definition) is 3. The first-order valence-corrected chi connectivity index (χ1v) is 7.35. The van der Waals surface area contributed by atoms with Crippen molar-refractivity contribution >= 4 is 33.2 Å². The molecular formula is C15H15BrFN3O. The first-order valence-electron chi connectivity index (χ1n) is 6.56. The van der Waals surface area contributed by atoms with Crippen molar-refractivity contribution in [3.8, 4) is 0 Å². The van der Waals surface area contributed by atoms with E-state index in [9.17, 15) is 9.18 Å². The van der Waals surface area contributed by atoms with Crippen molar-refractivity contribution in [2.45, 2.75) is 13.3 Å². The first-order chi connectivity index (χ1) is 10.1. The monoisotopic (exact) mass is 351 g/mol. The van der Waals surface area contributed by atoms with E-state index in [4.69, 9.17) is 0 Å². The largest absolute Gasteiger partial charge is 0.383 e. The number of nitrogens with zero attached hydrogens (tertiary/aromatic N) is 1. The highest BCUT2D eigenvalue weighted by Gasteiger charge is 2.13. The van der Waals surface area contributed by atoms with E-state index in [1.165, 1.54) is 18.2 Å². The molecule has 2 aromatic rings. The second-order valence-corrected chi connectivity index (χ2v) is 5.28. The Balaban J connectivity index is 2.20. The van der Waals surface area contributed by atoms with Crippen molar-refractivity contribution in [3.63, 3.8) is 0 Å². The van der Waals surface area contributed by atoms with Gasteiger partial charge in [-0.2, -0.15) is 0 Å². The Kier molecular flexibility index (Phi) is 5.27. The molecule has 2 N–H and O–H groups in total. The molecule has 1 aromatic heterocycles. The van der Waals surface area contributed by atoms with E-state index in [0.29, 0.717) is 21.4 Å². The Bertz CT molecular complexity index is 649. The summed E-state index contributed by atoms with van der Waals surface area (Å²) >= 11 is 3.23. The van der Waals surface area contributed by atoms with Crippen molar-refractivity contribution < 1.29 is 9.18 Å². The molecule has 0 aliphatic heterocycles. The molecule has 4 nitrogen and oxygen atoms in total. The number of amides is 1. The SMILES string of the molecule is CCCNc1cnccc1C(=O)Nc1ccc(F)cc1Br. The average molecular weight is 352 g/mol. The van der Waals surface area contributed by atoms with Crippen LogP contribution in [0.3, 0.4) is 0 Å². The van der Waals surface area contributed by atoms with Gasteiger partial charge in [-0.25, -0.2) is 4.39 Å². The first kappa shape index (κ1) is 15.4. The number of carbonyl (C=O) groups excluding carboxylic acids is 1. The van der Waals surface area contributed by atoms with Crippen LogP contribution in [0.5, 0.6) is 0 Å². The fourth-order valence-electron chi connectivity index (χ4n) is 1.77. The van der Waals surface area contributed by atoms with Crippen LogP contribution in [0.1, 0.15) is 23.7 Å². The summed E-state index contributed by atoms with van der Waals surface area (Å²) in [6, 6.07) is 5.75. The summed E-state index contributed by atoms with van der Waals surface area (Å²) in [6.45, 7) is 2.80. The minimum Gasteiger partial charge on any atom is -0.383 e. The van der Waals surface area contributed by atoms with Crippen LogP contribution < -0.4 is 10.6 Å². The zero-order valence-electron chi connectivity index (χ0n) is 11.5. The van der Waals surface area contributed by atoms with E-state index in [1.54, 1.807) is 18.5 Å². The third-order valence-electron chi connectivity index (χ3n) is 2.81. The zero-order valence-corrected chi connectivity index (χ0v) is 13.1. The normalized spacial score (nSPS) is 10.2. The van der Waals surface area contributed by atoms with Gasteiger partial charge in [0.05, 0.1) is 23.1 Å². The van der Waals surface area contributed by atoms with Crippen LogP contribution in [0, 0.1) is 5.82 Å². The summed E-state index contributed by atoms with van der Waals surface area (Å²) in [7, 11) is 0. The maximum Gasteiger partial charge on any atom is 0.257 e. The molecule has 0 atom stereocenters. The van der Waals surface area contributed by atoms with Crippen LogP contribution in [0.25, 0.3) is 0 Å². The summed E-state index contributed by atoms with van der Waals surface area (Å²) < 4.78 is 13.5. The van der Waals surface area contributed by atoms with Gasteiger partial charge in [0.25, 0.3) is 5.91 Å². The standard InChI is InChI=1S/C15H15BrFN3O/c1-2-6-19-14-9-18-7-5-11(14)15(21)20-13-4-3-10(17)8-12(13)16/h3-5,7-9,19H,2,6H2,1H3,(H,20,21). The van der Waals surface area contributed by atoms with Gasteiger partial charge in [0.15, 0.2) is 0 Å². The van der Waals surface area contributed by atoms with E-state index in [2.05, 4.69) is 31.5 Å². The number of benzene rings is 1. The highest BCUT2D eigenvalue weighted by Crippen LogP contribution is 2.24. The van der Waals surface area contributed by atoms with Gasteiger partial charge < -0.3 is 10.6 Å². The van der Waals surface area contributed by atoms with Gasteiger partial charge in [-0.05, 0) is 46.6 Å². The van der Waals surface area contributed by atoms with Crippen LogP contribution in [-0.2, 0) is 0 Å². The second kappa shape index (κ2) is 7.17. The number of hydrogen-bond donors (Lipinski definition) is 2. The molecule has 0 saturated carbocycles. The Morgan fingerprint density at radius 3 is 2.86 bits per heavy atom. The summed E-state index contributed by atoms with van der Waals surface area (Å²) in [5, 5.41) is 5.91. The molecular weight excluding hydrogens is 337 g/mol. The van der Waals surface area contributed by atoms with Gasteiger partial charge in [0.1, 0.15) is 5.82 Å². The maximum atomic E-state index is 13.1. The van der Waals surface area contributed by atoms with Crippen LogP contribution in [0.4, 0.5) is 15.8 Å². The summed E-state index contributed by atoms with van der Waals surface area (Å²) in [6.07, 6.45) is 4.12. The Hall–Kier alpha value is -1.95. The van der Waals surface area contributed by atoms with Gasteiger partial charge in [-0.15, -0.1) is 0 Å². The Morgan fingerprint density at radius 2 is 2.14 bits per heavy atom. The fourth-order valence-corrected chi connectivity index (χ4v) is 2.22. The summed E-state index contributed by atoms with van der Waals surface area (Å²) in [5.74, 6) is -0.641. The molecule has 1 aromatic carbocycles. The van der Waals surface area contributed by atoms with Crippen LogP contribution >= 0.6 is 15.9 Å². The van der Waals surface area contributed by atoms with Gasteiger partial charge in [-0.1, -0.05) is 6.92 Å². The zero-order chi connectivity index (χ0) is 15.2. The van der Waals surface area contributed by atoms with E-state index >= 15 is 0 Å². The minimum absolute atomic E-state index is 0.275. The summed E-state index contributed by atoms with van der Waals surface area (Å²) in [5.41, 5.74) is 1.68. The molecule has 0 fully saturated rings. The minimum atomic E-state index is -0.367. The molecule has 0 aliphatic rings. The van der Waals surface area contributed by atoms with Crippen molar-refractivity contribution in [2.75, 3.05) is 17.2 Å². The molecule has 0 saturated heterocycles. The van der Waals surface area contributed by atoms with E-state index in [0.717, 1.165) is 13.0 Å². The smallest absolute Gasteiger partial charge is 0.257 e. The summed E-state index contributed by atoms with van der Waals surface area (Å²) in [4.78, 5) is 16.4. The quantitative estimate of drug-likeness (QED) is 0.853. The van der Waals surface area contributed by atoms with Crippen LogP contribution in [0.2, 0.25) is 0 Å². The number of aromatic nitrogens is 1. The number of carbonyl (C=O) groups is 1.